The maximum Gasteiger partial charge on any atom is 0.306 e. The molecule has 0 rings (SSSR count). The Morgan fingerprint density at radius 1 is 0.358 bits per heavy atom. The van der Waals surface area contributed by atoms with Crippen molar-refractivity contribution in [2.45, 2.75) is 245 Å². The van der Waals surface area contributed by atoms with Crippen LogP contribution in [-0.2, 0) is 28.6 Å². The summed E-state index contributed by atoms with van der Waals surface area (Å²) in [5.41, 5.74) is 0. The number of esters is 3. The Bertz CT molecular complexity index is 865. The summed E-state index contributed by atoms with van der Waals surface area (Å²) in [5, 5.41) is 0. The molecule has 0 radical (unpaired) electrons. The summed E-state index contributed by atoms with van der Waals surface area (Å²) in [6.07, 6.45) is 46.0. The molecular weight excluding hydrogens is 661 g/mol. The number of unbranched alkanes of at least 4 members (excludes halogenated alkanes) is 26. The third-order valence-corrected chi connectivity index (χ3v) is 9.93. The summed E-state index contributed by atoms with van der Waals surface area (Å²) in [7, 11) is 0. The highest BCUT2D eigenvalue weighted by Gasteiger charge is 2.19. The van der Waals surface area contributed by atoms with Crippen molar-refractivity contribution >= 4 is 17.9 Å². The topological polar surface area (TPSA) is 78.9 Å². The molecule has 1 atom stereocenters. The number of carbonyl (C=O) groups is 3. The molecule has 0 fully saturated rings. The van der Waals surface area contributed by atoms with E-state index in [0.717, 1.165) is 70.6 Å². The van der Waals surface area contributed by atoms with Crippen molar-refractivity contribution in [3.05, 3.63) is 24.3 Å². The lowest BCUT2D eigenvalue weighted by Gasteiger charge is -2.18. The van der Waals surface area contributed by atoms with E-state index >= 15 is 0 Å². The summed E-state index contributed by atoms with van der Waals surface area (Å²) >= 11 is 0. The fraction of sp³-hybridized carbons (Fsp3) is 0.851. The summed E-state index contributed by atoms with van der Waals surface area (Å²) in [4.78, 5) is 37.6. The van der Waals surface area contributed by atoms with E-state index in [0.29, 0.717) is 19.3 Å². The molecule has 0 bridgehead atoms. The van der Waals surface area contributed by atoms with Crippen LogP contribution in [0, 0.1) is 0 Å². The predicted octanol–water partition coefficient (Wildman–Crippen LogP) is 14.4. The van der Waals surface area contributed by atoms with Crippen molar-refractivity contribution < 1.29 is 28.6 Å². The number of rotatable bonds is 41. The third-order valence-electron chi connectivity index (χ3n) is 9.93. The van der Waals surface area contributed by atoms with Crippen LogP contribution in [0.4, 0.5) is 0 Å². The molecule has 0 N–H and O–H groups in total. The van der Waals surface area contributed by atoms with Gasteiger partial charge in [0.05, 0.1) is 0 Å². The van der Waals surface area contributed by atoms with Crippen molar-refractivity contribution in [1.29, 1.82) is 0 Å². The van der Waals surface area contributed by atoms with Gasteiger partial charge in [-0.1, -0.05) is 180 Å². The van der Waals surface area contributed by atoms with Gasteiger partial charge in [-0.2, -0.15) is 0 Å². The maximum atomic E-state index is 12.7. The van der Waals surface area contributed by atoms with Gasteiger partial charge in [-0.3, -0.25) is 14.4 Å². The Kier molecular flexibility index (Phi) is 40.9. The van der Waals surface area contributed by atoms with E-state index in [2.05, 4.69) is 45.1 Å². The molecule has 0 aromatic carbocycles. The lowest BCUT2D eigenvalue weighted by atomic mass is 10.1. The van der Waals surface area contributed by atoms with Gasteiger partial charge in [0.25, 0.3) is 0 Å². The van der Waals surface area contributed by atoms with Crippen molar-refractivity contribution in [1.82, 2.24) is 0 Å². The summed E-state index contributed by atoms with van der Waals surface area (Å²) in [6, 6.07) is 0. The summed E-state index contributed by atoms with van der Waals surface area (Å²) in [5.74, 6) is -0.892. The average molecular weight is 747 g/mol. The van der Waals surface area contributed by atoms with Crippen molar-refractivity contribution in [3.8, 4) is 0 Å². The quantitative estimate of drug-likeness (QED) is 0.0268. The highest BCUT2D eigenvalue weighted by molar-refractivity contribution is 5.71. The highest BCUT2D eigenvalue weighted by Crippen LogP contribution is 2.14. The maximum absolute atomic E-state index is 12.7. The number of carbonyl (C=O) groups excluding carboxylic acids is 3. The minimum absolute atomic E-state index is 0.0744. The van der Waals surface area contributed by atoms with Gasteiger partial charge in [-0.25, -0.2) is 0 Å². The van der Waals surface area contributed by atoms with Crippen LogP contribution in [0.5, 0.6) is 0 Å². The van der Waals surface area contributed by atoms with E-state index in [9.17, 15) is 14.4 Å². The Labute approximate surface area is 328 Å². The van der Waals surface area contributed by atoms with Gasteiger partial charge < -0.3 is 14.2 Å². The molecule has 53 heavy (non-hydrogen) atoms. The van der Waals surface area contributed by atoms with Gasteiger partial charge >= 0.3 is 17.9 Å². The average Bonchev–Trinajstić information content (AvgIpc) is 3.15. The van der Waals surface area contributed by atoms with Crippen LogP contribution in [0.15, 0.2) is 24.3 Å². The van der Waals surface area contributed by atoms with Crippen LogP contribution < -0.4 is 0 Å². The van der Waals surface area contributed by atoms with Gasteiger partial charge in [0, 0.05) is 19.3 Å². The fourth-order valence-electron chi connectivity index (χ4n) is 6.42. The van der Waals surface area contributed by atoms with Crippen LogP contribution in [0.25, 0.3) is 0 Å². The number of ether oxygens (including phenoxy) is 3. The normalized spacial score (nSPS) is 12.1. The van der Waals surface area contributed by atoms with Crippen molar-refractivity contribution in [2.24, 2.45) is 0 Å². The Morgan fingerprint density at radius 3 is 1.00 bits per heavy atom. The minimum atomic E-state index is -0.769. The van der Waals surface area contributed by atoms with Crippen LogP contribution >= 0.6 is 0 Å². The fourth-order valence-corrected chi connectivity index (χ4v) is 6.42. The number of hydrogen-bond acceptors (Lipinski definition) is 6. The zero-order valence-electron chi connectivity index (χ0n) is 35.3. The SMILES string of the molecule is CCCC/C=C\CCCCCCCC(=O)OC(COC(=O)CCCCCCCCC)COC(=O)CCCCCCCCC/C=C\CCCCCCCC. The first-order valence-electron chi connectivity index (χ1n) is 22.8. The molecule has 0 amide bonds. The lowest BCUT2D eigenvalue weighted by molar-refractivity contribution is -0.167. The molecule has 6 heteroatoms. The summed E-state index contributed by atoms with van der Waals surface area (Å²) in [6.45, 7) is 6.54. The molecule has 0 aliphatic carbocycles. The smallest absolute Gasteiger partial charge is 0.306 e. The monoisotopic (exact) mass is 747 g/mol. The Morgan fingerprint density at radius 2 is 0.642 bits per heavy atom. The van der Waals surface area contributed by atoms with Gasteiger partial charge in [0.15, 0.2) is 6.10 Å². The van der Waals surface area contributed by atoms with E-state index in [-0.39, 0.29) is 31.1 Å². The van der Waals surface area contributed by atoms with Crippen molar-refractivity contribution in [3.63, 3.8) is 0 Å². The molecular formula is C47H86O6. The lowest BCUT2D eigenvalue weighted by Crippen LogP contribution is -2.30. The second-order valence-corrected chi connectivity index (χ2v) is 15.3. The van der Waals surface area contributed by atoms with Gasteiger partial charge in [-0.15, -0.1) is 0 Å². The predicted molar refractivity (Wildman–Crippen MR) is 224 cm³/mol. The minimum Gasteiger partial charge on any atom is -0.462 e. The molecule has 0 aromatic rings. The zero-order chi connectivity index (χ0) is 38.7. The second-order valence-electron chi connectivity index (χ2n) is 15.3. The summed E-state index contributed by atoms with van der Waals surface area (Å²) < 4.78 is 16.6. The molecule has 0 aliphatic heterocycles. The molecule has 0 heterocycles. The molecule has 0 saturated carbocycles. The largest absolute Gasteiger partial charge is 0.462 e. The van der Waals surface area contributed by atoms with Gasteiger partial charge in [0.2, 0.25) is 0 Å². The third kappa shape index (κ3) is 40.9. The van der Waals surface area contributed by atoms with Crippen LogP contribution in [-0.4, -0.2) is 37.2 Å². The standard InChI is InChI=1S/C47H86O6/c1-4-7-10-13-16-18-20-21-22-23-24-25-27-28-31-34-37-40-46(49)52-43-44(42-51-45(48)39-36-33-30-15-12-9-6-3)53-47(50)41-38-35-32-29-26-19-17-14-11-8-5-2/h14,17,21-22,44H,4-13,15-16,18-20,23-43H2,1-3H3/b17-14-,22-21-. The molecule has 310 valence electrons. The number of allylic oxidation sites excluding steroid dienone is 4. The number of hydrogen-bond donors (Lipinski definition) is 0. The van der Waals surface area contributed by atoms with Crippen LogP contribution in [0.3, 0.4) is 0 Å². The molecule has 1 unspecified atom stereocenters. The second kappa shape index (κ2) is 42.6. The molecule has 0 aliphatic rings. The van der Waals surface area contributed by atoms with Crippen LogP contribution in [0.1, 0.15) is 239 Å². The first kappa shape index (κ1) is 50.9. The Balaban J connectivity index is 4.26. The molecule has 0 aromatic heterocycles. The zero-order valence-corrected chi connectivity index (χ0v) is 35.3. The highest BCUT2D eigenvalue weighted by atomic mass is 16.6. The first-order chi connectivity index (χ1) is 26.0. The van der Waals surface area contributed by atoms with Crippen molar-refractivity contribution in [2.75, 3.05) is 13.2 Å². The van der Waals surface area contributed by atoms with E-state index in [4.69, 9.17) is 14.2 Å². The molecule has 0 spiro atoms. The first-order valence-corrected chi connectivity index (χ1v) is 22.8. The van der Waals surface area contributed by atoms with E-state index < -0.39 is 6.10 Å². The molecule has 0 saturated heterocycles. The van der Waals surface area contributed by atoms with Gasteiger partial charge in [0.1, 0.15) is 13.2 Å². The van der Waals surface area contributed by atoms with Crippen LogP contribution in [0.2, 0.25) is 0 Å². The van der Waals surface area contributed by atoms with E-state index in [1.54, 1.807) is 0 Å². The Hall–Kier alpha value is -2.11. The van der Waals surface area contributed by atoms with Gasteiger partial charge in [-0.05, 0) is 64.2 Å². The molecule has 6 nitrogen and oxygen atoms in total. The van der Waals surface area contributed by atoms with E-state index in [1.165, 1.54) is 128 Å². The van der Waals surface area contributed by atoms with E-state index in [1.807, 2.05) is 0 Å².